The molecular weight excluding hydrogens is 399 g/mol. The highest BCUT2D eigenvalue weighted by Crippen LogP contribution is 2.29. The van der Waals surface area contributed by atoms with Crippen LogP contribution in [0, 0.1) is 0 Å². The van der Waals surface area contributed by atoms with E-state index in [1.807, 2.05) is 39.2 Å². The fraction of sp³-hybridized carbons (Fsp3) is 0.500. The number of likely N-dealkylation sites (N-methyl/N-ethyl adjacent to an activating group) is 1. The van der Waals surface area contributed by atoms with E-state index in [0.29, 0.717) is 37.0 Å². The van der Waals surface area contributed by atoms with E-state index < -0.39 is 11.9 Å². The fourth-order valence-electron chi connectivity index (χ4n) is 2.68. The maximum Gasteiger partial charge on any atom is 0.434 e. The molecule has 0 saturated carbocycles. The number of guanidine groups is 1. The molecule has 9 heteroatoms. The first-order chi connectivity index (χ1) is 13.8. The van der Waals surface area contributed by atoms with Crippen molar-refractivity contribution in [3.8, 4) is 0 Å². The summed E-state index contributed by atoms with van der Waals surface area (Å²) in [5, 5.41) is 7.87. The van der Waals surface area contributed by atoms with Gasteiger partial charge >= 0.3 is 6.18 Å². The zero-order chi connectivity index (χ0) is 21.3. The van der Waals surface area contributed by atoms with Crippen LogP contribution in [0.1, 0.15) is 23.2 Å². The van der Waals surface area contributed by atoms with Crippen LogP contribution in [0.15, 0.2) is 40.7 Å². The average molecular weight is 428 g/mol. The van der Waals surface area contributed by atoms with Crippen molar-refractivity contribution in [3.05, 3.63) is 52.0 Å². The highest BCUT2D eigenvalue weighted by atomic mass is 32.1. The second-order valence-corrected chi connectivity index (χ2v) is 7.77. The maximum atomic E-state index is 12.6. The van der Waals surface area contributed by atoms with Crippen LogP contribution in [0.4, 0.5) is 13.2 Å². The molecular formula is C20H28F3N5S. The van der Waals surface area contributed by atoms with E-state index >= 15 is 0 Å². The topological polar surface area (TPSA) is 52.6 Å². The highest BCUT2D eigenvalue weighted by Gasteiger charge is 2.33. The lowest BCUT2D eigenvalue weighted by Gasteiger charge is -2.23. The zero-order valence-electron chi connectivity index (χ0n) is 17.0. The normalized spacial score (nSPS) is 13.6. The van der Waals surface area contributed by atoms with Crippen molar-refractivity contribution in [2.45, 2.75) is 32.0 Å². The Balaban J connectivity index is 1.91. The van der Waals surface area contributed by atoms with E-state index in [9.17, 15) is 13.2 Å². The number of alkyl halides is 3. The Kier molecular flexibility index (Phi) is 8.91. The van der Waals surface area contributed by atoms with Gasteiger partial charge in [0.15, 0.2) is 11.7 Å². The molecule has 2 N–H and O–H groups in total. The van der Waals surface area contributed by atoms with Gasteiger partial charge in [-0.05, 0) is 33.0 Å². The van der Waals surface area contributed by atoms with Gasteiger partial charge in [-0.2, -0.15) is 13.2 Å². The van der Waals surface area contributed by atoms with Crippen LogP contribution in [0.25, 0.3) is 0 Å². The second-order valence-electron chi connectivity index (χ2n) is 6.83. The van der Waals surface area contributed by atoms with Gasteiger partial charge in [0.2, 0.25) is 0 Å². The third-order valence-corrected chi connectivity index (χ3v) is 5.23. The number of hydrogen-bond acceptors (Lipinski definition) is 4. The van der Waals surface area contributed by atoms with Crippen LogP contribution < -0.4 is 10.6 Å². The monoisotopic (exact) mass is 427 g/mol. The number of nitrogens with one attached hydrogen (secondary N) is 2. The molecule has 0 fully saturated rings. The third-order valence-electron chi connectivity index (χ3n) is 4.32. The molecule has 5 nitrogen and oxygen atoms in total. The van der Waals surface area contributed by atoms with E-state index in [0.717, 1.165) is 23.1 Å². The molecule has 2 aromatic rings. The predicted octanol–water partition coefficient (Wildman–Crippen LogP) is 3.43. The Morgan fingerprint density at radius 2 is 1.93 bits per heavy atom. The number of benzene rings is 1. The van der Waals surface area contributed by atoms with E-state index in [-0.39, 0.29) is 6.04 Å². The van der Waals surface area contributed by atoms with Crippen LogP contribution >= 0.6 is 11.3 Å². The Hall–Kier alpha value is -2.13. The Morgan fingerprint density at radius 1 is 1.21 bits per heavy atom. The minimum Gasteiger partial charge on any atom is -0.357 e. The quantitative estimate of drug-likeness (QED) is 0.476. The molecule has 0 bridgehead atoms. The molecule has 1 aromatic heterocycles. The third kappa shape index (κ3) is 8.02. The summed E-state index contributed by atoms with van der Waals surface area (Å²) in [6.07, 6.45) is -3.10. The highest BCUT2D eigenvalue weighted by molar-refractivity contribution is 7.09. The van der Waals surface area contributed by atoms with Crippen molar-refractivity contribution in [2.75, 3.05) is 33.7 Å². The van der Waals surface area contributed by atoms with Crippen LogP contribution in [0.3, 0.4) is 0 Å². The molecule has 160 valence electrons. The van der Waals surface area contributed by atoms with Gasteiger partial charge < -0.3 is 15.5 Å². The molecule has 0 aliphatic carbocycles. The first-order valence-electron chi connectivity index (χ1n) is 9.53. The van der Waals surface area contributed by atoms with E-state index in [2.05, 4.69) is 37.6 Å². The zero-order valence-corrected chi connectivity index (χ0v) is 17.8. The number of thiazole rings is 1. The predicted molar refractivity (Wildman–Crippen MR) is 112 cm³/mol. The second kappa shape index (κ2) is 11.2. The van der Waals surface area contributed by atoms with E-state index in [1.165, 1.54) is 5.56 Å². The van der Waals surface area contributed by atoms with E-state index in [4.69, 9.17) is 0 Å². The number of aliphatic imine (C=N–C) groups is 1. The Labute approximate surface area is 174 Å². The first-order valence-corrected chi connectivity index (χ1v) is 10.4. The molecule has 1 unspecified atom stereocenters. The molecule has 2 rings (SSSR count). The molecule has 0 amide bonds. The van der Waals surface area contributed by atoms with Gasteiger partial charge in [0.05, 0.1) is 11.6 Å². The Bertz CT molecular complexity index is 759. The van der Waals surface area contributed by atoms with Crippen molar-refractivity contribution < 1.29 is 13.2 Å². The first kappa shape index (κ1) is 23.2. The van der Waals surface area contributed by atoms with Gasteiger partial charge in [-0.25, -0.2) is 4.98 Å². The van der Waals surface area contributed by atoms with Crippen LogP contribution in [0.5, 0.6) is 0 Å². The van der Waals surface area contributed by atoms with E-state index in [1.54, 1.807) is 0 Å². The fourth-order valence-corrected chi connectivity index (χ4v) is 3.48. The van der Waals surface area contributed by atoms with Gasteiger partial charge in [-0.3, -0.25) is 4.99 Å². The van der Waals surface area contributed by atoms with Gasteiger partial charge in [0.25, 0.3) is 0 Å². The lowest BCUT2D eigenvalue weighted by Crippen LogP contribution is -2.40. The van der Waals surface area contributed by atoms with Crippen molar-refractivity contribution in [1.82, 2.24) is 20.5 Å². The van der Waals surface area contributed by atoms with Gasteiger partial charge in [-0.1, -0.05) is 30.3 Å². The molecule has 1 heterocycles. The van der Waals surface area contributed by atoms with Crippen LogP contribution in [0.2, 0.25) is 0 Å². The molecule has 1 atom stereocenters. The van der Waals surface area contributed by atoms with Gasteiger partial charge in [0.1, 0.15) is 0 Å². The summed E-state index contributed by atoms with van der Waals surface area (Å²) in [6.45, 7) is 3.74. The van der Waals surface area contributed by atoms with Crippen LogP contribution in [-0.2, 0) is 19.0 Å². The number of nitrogens with zero attached hydrogens (tertiary/aromatic N) is 3. The minimum atomic E-state index is -4.39. The van der Waals surface area contributed by atoms with Crippen molar-refractivity contribution >= 4 is 17.3 Å². The van der Waals surface area contributed by atoms with Gasteiger partial charge in [-0.15, -0.1) is 11.3 Å². The Morgan fingerprint density at radius 3 is 2.52 bits per heavy atom. The van der Waals surface area contributed by atoms with Crippen LogP contribution in [-0.4, -0.2) is 55.6 Å². The average Bonchev–Trinajstić information content (AvgIpc) is 3.15. The minimum absolute atomic E-state index is 0.237. The summed E-state index contributed by atoms with van der Waals surface area (Å²) in [4.78, 5) is 10.5. The molecule has 29 heavy (non-hydrogen) atoms. The lowest BCUT2D eigenvalue weighted by atomic mass is 10.1. The van der Waals surface area contributed by atoms with Gasteiger partial charge in [0, 0.05) is 30.9 Å². The number of hydrogen-bond donors (Lipinski definition) is 2. The summed E-state index contributed by atoms with van der Waals surface area (Å²) in [5.41, 5.74) is 0.427. The standard InChI is InChI=1S/C20H28F3N5S/c1-4-24-19(25-11-10-18-27-17(14-29-18)20(21,22)23)26-13-16(28(2)3)12-15-8-6-5-7-9-15/h5-9,14,16H,4,10-13H2,1-3H3,(H2,24,25,26). The molecule has 0 aliphatic rings. The number of aromatic nitrogens is 1. The lowest BCUT2D eigenvalue weighted by molar-refractivity contribution is -0.140. The molecule has 0 spiro atoms. The molecule has 0 saturated heterocycles. The van der Waals surface area contributed by atoms with Crippen molar-refractivity contribution in [1.29, 1.82) is 0 Å². The smallest absolute Gasteiger partial charge is 0.357 e. The number of rotatable bonds is 9. The van der Waals surface area contributed by atoms with Crippen molar-refractivity contribution in [2.24, 2.45) is 4.99 Å². The summed E-state index contributed by atoms with van der Waals surface area (Å²) in [5.74, 6) is 0.653. The maximum absolute atomic E-state index is 12.6. The summed E-state index contributed by atoms with van der Waals surface area (Å²) >= 11 is 1.03. The SMILES string of the molecule is CCNC(=NCC(Cc1ccccc1)N(C)C)NCCc1nc(C(F)(F)F)cs1. The molecule has 0 radical (unpaired) electrons. The van der Waals surface area contributed by atoms with Crippen molar-refractivity contribution in [3.63, 3.8) is 0 Å². The molecule has 1 aromatic carbocycles. The largest absolute Gasteiger partial charge is 0.434 e. The summed E-state index contributed by atoms with van der Waals surface area (Å²) in [7, 11) is 4.06. The summed E-state index contributed by atoms with van der Waals surface area (Å²) < 4.78 is 37.9. The molecule has 0 aliphatic heterocycles. The number of halogens is 3. The summed E-state index contributed by atoms with van der Waals surface area (Å²) in [6, 6.07) is 10.5.